The highest BCUT2D eigenvalue weighted by molar-refractivity contribution is 5.95. The summed E-state index contributed by atoms with van der Waals surface area (Å²) in [7, 11) is 0. The minimum Gasteiger partial charge on any atom is -0.408 e. The molecule has 0 aliphatic carbocycles. The first-order valence-electron chi connectivity index (χ1n) is 8.74. The second-order valence-electron chi connectivity index (χ2n) is 6.27. The fourth-order valence-corrected chi connectivity index (χ4v) is 2.63. The SMILES string of the molecule is O=C(Nc1ccc(Nc2nccc(Nc3ccc4oc(=O)[nH]c4c3)n2)cc1)C(F)(F)F. The molecule has 1 amide bonds. The summed E-state index contributed by atoms with van der Waals surface area (Å²) in [5.41, 5.74) is 2.10. The van der Waals surface area contributed by atoms with Gasteiger partial charge in [0.1, 0.15) is 5.82 Å². The molecule has 12 heteroatoms. The smallest absolute Gasteiger partial charge is 0.408 e. The fourth-order valence-electron chi connectivity index (χ4n) is 2.63. The fraction of sp³-hybridized carbons (Fsp3) is 0.0526. The van der Waals surface area contributed by atoms with Gasteiger partial charge in [-0.2, -0.15) is 18.2 Å². The van der Waals surface area contributed by atoms with E-state index in [-0.39, 0.29) is 11.6 Å². The number of carbonyl (C=O) groups is 1. The summed E-state index contributed by atoms with van der Waals surface area (Å²) in [6.07, 6.45) is -3.45. The molecule has 4 N–H and O–H groups in total. The van der Waals surface area contributed by atoms with E-state index in [1.54, 1.807) is 29.6 Å². The largest absolute Gasteiger partial charge is 0.471 e. The van der Waals surface area contributed by atoms with Crippen LogP contribution in [0.4, 0.5) is 42.0 Å². The van der Waals surface area contributed by atoms with Crippen molar-refractivity contribution in [2.45, 2.75) is 6.18 Å². The van der Waals surface area contributed by atoms with Crippen LogP contribution in [0, 0.1) is 0 Å². The van der Waals surface area contributed by atoms with Crippen LogP contribution < -0.4 is 21.7 Å². The Balaban J connectivity index is 1.44. The number of alkyl halides is 3. The normalized spacial score (nSPS) is 11.3. The molecule has 0 fully saturated rings. The number of hydrogen-bond acceptors (Lipinski definition) is 7. The first-order valence-corrected chi connectivity index (χ1v) is 8.74. The summed E-state index contributed by atoms with van der Waals surface area (Å²) in [6.45, 7) is 0. The summed E-state index contributed by atoms with van der Waals surface area (Å²) in [4.78, 5) is 33.2. The molecule has 9 nitrogen and oxygen atoms in total. The molecule has 2 aromatic heterocycles. The lowest BCUT2D eigenvalue weighted by Gasteiger charge is -2.10. The number of rotatable bonds is 5. The van der Waals surface area contributed by atoms with Gasteiger partial charge in [-0.05, 0) is 48.5 Å². The van der Waals surface area contributed by atoms with Gasteiger partial charge in [0.15, 0.2) is 5.58 Å². The van der Waals surface area contributed by atoms with Crippen LogP contribution >= 0.6 is 0 Å². The molecule has 0 atom stereocenters. The number of carbonyl (C=O) groups excluding carboxylic acids is 1. The highest BCUT2D eigenvalue weighted by atomic mass is 19.4. The van der Waals surface area contributed by atoms with Gasteiger partial charge in [0.05, 0.1) is 5.52 Å². The maximum Gasteiger partial charge on any atom is 0.471 e. The molecule has 0 saturated heterocycles. The number of oxazole rings is 1. The van der Waals surface area contributed by atoms with Crippen molar-refractivity contribution in [1.82, 2.24) is 15.0 Å². The highest BCUT2D eigenvalue weighted by Crippen LogP contribution is 2.22. The monoisotopic (exact) mass is 430 g/mol. The Kier molecular flexibility index (Phi) is 5.03. The zero-order chi connectivity index (χ0) is 22.0. The molecule has 0 aliphatic heterocycles. The predicted octanol–water partition coefficient (Wildman–Crippen LogP) is 3.90. The number of amides is 1. The standard InChI is InChI=1S/C19H13F3N6O3/c20-19(21,22)16(29)25-10-1-3-11(4-2-10)26-17-23-8-7-15(28-17)24-12-5-6-14-13(9-12)27-18(30)31-14/h1-9H,(H,25,29)(H,27,30)(H2,23,24,26,28). The summed E-state index contributed by atoms with van der Waals surface area (Å²) in [5.74, 6) is -1.91. The van der Waals surface area contributed by atoms with Crippen molar-refractivity contribution < 1.29 is 22.4 Å². The maximum absolute atomic E-state index is 12.3. The molecule has 2 aromatic carbocycles. The van der Waals surface area contributed by atoms with Crippen LogP contribution in [-0.4, -0.2) is 27.0 Å². The number of halogens is 3. The molecule has 0 aliphatic rings. The van der Waals surface area contributed by atoms with Crippen LogP contribution in [0.2, 0.25) is 0 Å². The van der Waals surface area contributed by atoms with Crippen LogP contribution in [0.5, 0.6) is 0 Å². The van der Waals surface area contributed by atoms with E-state index in [1.807, 2.05) is 0 Å². The molecule has 0 unspecified atom stereocenters. The van der Waals surface area contributed by atoms with Crippen molar-refractivity contribution in [2.24, 2.45) is 0 Å². The van der Waals surface area contributed by atoms with Crippen LogP contribution in [0.15, 0.2) is 63.9 Å². The zero-order valence-corrected chi connectivity index (χ0v) is 15.4. The molecular weight excluding hydrogens is 417 g/mol. The lowest BCUT2D eigenvalue weighted by Crippen LogP contribution is -2.29. The number of nitrogens with one attached hydrogen (secondary N) is 4. The lowest BCUT2D eigenvalue weighted by molar-refractivity contribution is -0.167. The molecule has 0 spiro atoms. The Morgan fingerprint density at radius 2 is 1.68 bits per heavy atom. The van der Waals surface area contributed by atoms with Crippen LogP contribution in [0.3, 0.4) is 0 Å². The van der Waals surface area contributed by atoms with E-state index in [0.29, 0.717) is 28.3 Å². The molecular formula is C19H13F3N6O3. The van der Waals surface area contributed by atoms with E-state index in [4.69, 9.17) is 4.42 Å². The van der Waals surface area contributed by atoms with Gasteiger partial charge in [-0.15, -0.1) is 0 Å². The van der Waals surface area contributed by atoms with Crippen molar-refractivity contribution in [2.75, 3.05) is 16.0 Å². The molecule has 0 radical (unpaired) electrons. The summed E-state index contributed by atoms with van der Waals surface area (Å²) < 4.78 is 41.9. The number of H-pyrrole nitrogens is 1. The van der Waals surface area contributed by atoms with Gasteiger partial charge in [0.2, 0.25) is 5.95 Å². The molecule has 4 aromatic rings. The van der Waals surface area contributed by atoms with Gasteiger partial charge in [0, 0.05) is 23.3 Å². The molecule has 0 saturated carbocycles. The van der Waals surface area contributed by atoms with Crippen molar-refractivity contribution in [1.29, 1.82) is 0 Å². The summed E-state index contributed by atoms with van der Waals surface area (Å²) in [6, 6.07) is 12.2. The number of anilines is 5. The lowest BCUT2D eigenvalue weighted by atomic mass is 10.2. The van der Waals surface area contributed by atoms with Crippen molar-refractivity contribution in [3.05, 3.63) is 65.3 Å². The third-order valence-corrected chi connectivity index (χ3v) is 4.00. The minimum atomic E-state index is -4.96. The molecule has 2 heterocycles. The highest BCUT2D eigenvalue weighted by Gasteiger charge is 2.38. The van der Waals surface area contributed by atoms with E-state index in [9.17, 15) is 22.8 Å². The van der Waals surface area contributed by atoms with Crippen LogP contribution in [-0.2, 0) is 4.79 Å². The van der Waals surface area contributed by atoms with Gasteiger partial charge in [-0.3, -0.25) is 9.78 Å². The maximum atomic E-state index is 12.3. The Bertz CT molecular complexity index is 1300. The topological polar surface area (TPSA) is 125 Å². The first-order chi connectivity index (χ1) is 14.8. The summed E-state index contributed by atoms with van der Waals surface area (Å²) in [5, 5.41) is 7.74. The third kappa shape index (κ3) is 4.80. The van der Waals surface area contributed by atoms with E-state index >= 15 is 0 Å². The Hall–Kier alpha value is -4.35. The van der Waals surface area contributed by atoms with Crippen LogP contribution in [0.25, 0.3) is 11.1 Å². The van der Waals surface area contributed by atoms with E-state index in [2.05, 4.69) is 25.6 Å². The van der Waals surface area contributed by atoms with Gasteiger partial charge < -0.3 is 20.4 Å². The number of aromatic amines is 1. The van der Waals surface area contributed by atoms with Gasteiger partial charge in [0.25, 0.3) is 0 Å². The first kappa shape index (κ1) is 19.9. The van der Waals surface area contributed by atoms with E-state index in [0.717, 1.165) is 0 Å². The quantitative estimate of drug-likeness (QED) is 0.378. The van der Waals surface area contributed by atoms with Crippen molar-refractivity contribution in [3.63, 3.8) is 0 Å². The number of hydrogen-bond donors (Lipinski definition) is 4. The number of fused-ring (bicyclic) bond motifs is 1. The van der Waals surface area contributed by atoms with Crippen molar-refractivity contribution >= 4 is 45.8 Å². The van der Waals surface area contributed by atoms with E-state index in [1.165, 1.54) is 30.5 Å². The van der Waals surface area contributed by atoms with Gasteiger partial charge >= 0.3 is 17.8 Å². The molecule has 4 rings (SSSR count). The van der Waals surface area contributed by atoms with Gasteiger partial charge in [-0.1, -0.05) is 0 Å². The molecule has 31 heavy (non-hydrogen) atoms. The number of nitrogens with zero attached hydrogens (tertiary/aromatic N) is 2. The average Bonchev–Trinajstić information content (AvgIpc) is 3.08. The Labute approximate surface area is 171 Å². The van der Waals surface area contributed by atoms with E-state index < -0.39 is 17.8 Å². The number of aromatic nitrogens is 3. The van der Waals surface area contributed by atoms with Gasteiger partial charge in [-0.25, -0.2) is 9.78 Å². The minimum absolute atomic E-state index is 0.00288. The van der Waals surface area contributed by atoms with Crippen molar-refractivity contribution in [3.8, 4) is 0 Å². The predicted molar refractivity (Wildman–Crippen MR) is 107 cm³/mol. The Morgan fingerprint density at radius 1 is 0.968 bits per heavy atom. The Morgan fingerprint density at radius 3 is 2.42 bits per heavy atom. The third-order valence-electron chi connectivity index (χ3n) is 4.00. The number of benzene rings is 2. The molecule has 0 bridgehead atoms. The molecule has 158 valence electrons. The second kappa shape index (κ2) is 7.82. The summed E-state index contributed by atoms with van der Waals surface area (Å²) >= 11 is 0. The zero-order valence-electron chi connectivity index (χ0n) is 15.4. The second-order valence-corrected chi connectivity index (χ2v) is 6.27. The van der Waals surface area contributed by atoms with Crippen LogP contribution in [0.1, 0.15) is 0 Å². The average molecular weight is 430 g/mol.